The fourth-order valence-electron chi connectivity index (χ4n) is 2.52. The molecule has 1 heteroatoms. The van der Waals surface area contributed by atoms with Crippen LogP contribution in [0.2, 0.25) is 0 Å². The minimum Gasteiger partial charge on any atom is -0.316 e. The van der Waals surface area contributed by atoms with Gasteiger partial charge in [0.25, 0.3) is 0 Å². The Bertz CT molecular complexity index is 182. The summed E-state index contributed by atoms with van der Waals surface area (Å²) in [6, 6.07) is 0. The van der Waals surface area contributed by atoms with Gasteiger partial charge in [0, 0.05) is 6.54 Å². The second kappa shape index (κ2) is 5.34. The first-order valence-corrected chi connectivity index (χ1v) is 6.67. The van der Waals surface area contributed by atoms with Crippen LogP contribution in [0, 0.1) is 23.2 Å². The Morgan fingerprint density at radius 1 is 1.20 bits per heavy atom. The lowest BCUT2D eigenvalue weighted by Gasteiger charge is -2.46. The van der Waals surface area contributed by atoms with Gasteiger partial charge in [0.2, 0.25) is 0 Å². The molecule has 15 heavy (non-hydrogen) atoms. The Kier molecular flexibility index (Phi) is 4.64. The van der Waals surface area contributed by atoms with Crippen LogP contribution in [-0.2, 0) is 0 Å². The maximum atomic E-state index is 3.66. The second-order valence-electron chi connectivity index (χ2n) is 6.31. The molecule has 0 bridgehead atoms. The monoisotopic (exact) mass is 211 g/mol. The third-order valence-corrected chi connectivity index (χ3v) is 4.42. The average molecular weight is 211 g/mol. The summed E-state index contributed by atoms with van der Waals surface area (Å²) < 4.78 is 0. The van der Waals surface area contributed by atoms with Gasteiger partial charge in [-0.2, -0.15) is 0 Å². The molecule has 1 unspecified atom stereocenters. The van der Waals surface area contributed by atoms with Crippen molar-refractivity contribution in [2.45, 2.75) is 53.9 Å². The molecule has 90 valence electrons. The number of rotatable bonds is 6. The van der Waals surface area contributed by atoms with Crippen LogP contribution in [0.3, 0.4) is 0 Å². The summed E-state index contributed by atoms with van der Waals surface area (Å²) in [6.45, 7) is 14.2. The van der Waals surface area contributed by atoms with Gasteiger partial charge in [-0.3, -0.25) is 0 Å². The van der Waals surface area contributed by atoms with Gasteiger partial charge in [-0.15, -0.1) is 0 Å². The Morgan fingerprint density at radius 3 is 2.13 bits per heavy atom. The van der Waals surface area contributed by atoms with E-state index in [0.29, 0.717) is 5.41 Å². The standard InChI is InChI=1S/C14H29N/c1-11(2)9-15-10-14(5,12(3)4)13-7-6-8-13/h11-13,15H,6-10H2,1-5H3. The lowest BCUT2D eigenvalue weighted by Crippen LogP contribution is -2.45. The SMILES string of the molecule is CC(C)CNCC(C)(C(C)C)C1CCC1. The second-order valence-corrected chi connectivity index (χ2v) is 6.31. The first-order valence-electron chi connectivity index (χ1n) is 6.67. The molecule has 1 aliphatic carbocycles. The van der Waals surface area contributed by atoms with E-state index in [-0.39, 0.29) is 0 Å². The van der Waals surface area contributed by atoms with Crippen LogP contribution in [0.15, 0.2) is 0 Å². The third-order valence-electron chi connectivity index (χ3n) is 4.42. The van der Waals surface area contributed by atoms with Gasteiger partial charge in [0.1, 0.15) is 0 Å². The molecule has 1 saturated carbocycles. The average Bonchev–Trinajstić information content (AvgIpc) is 1.99. The van der Waals surface area contributed by atoms with E-state index >= 15 is 0 Å². The molecule has 1 atom stereocenters. The van der Waals surface area contributed by atoms with E-state index in [2.05, 4.69) is 39.9 Å². The lowest BCUT2D eigenvalue weighted by atomic mass is 9.61. The van der Waals surface area contributed by atoms with E-state index in [0.717, 1.165) is 24.3 Å². The first-order chi connectivity index (χ1) is 6.97. The van der Waals surface area contributed by atoms with Crippen LogP contribution < -0.4 is 5.32 Å². The van der Waals surface area contributed by atoms with Crippen molar-refractivity contribution in [1.29, 1.82) is 0 Å². The molecule has 0 aliphatic heterocycles. The Hall–Kier alpha value is -0.0400. The van der Waals surface area contributed by atoms with Gasteiger partial charge >= 0.3 is 0 Å². The summed E-state index contributed by atoms with van der Waals surface area (Å²) in [5.41, 5.74) is 0.521. The summed E-state index contributed by atoms with van der Waals surface area (Å²) in [5, 5.41) is 3.66. The highest BCUT2D eigenvalue weighted by Crippen LogP contribution is 2.46. The van der Waals surface area contributed by atoms with Gasteiger partial charge in [0.05, 0.1) is 0 Å². The van der Waals surface area contributed by atoms with Crippen molar-refractivity contribution in [1.82, 2.24) is 5.32 Å². The normalized spacial score (nSPS) is 21.8. The lowest BCUT2D eigenvalue weighted by molar-refractivity contribution is 0.0511. The molecule has 0 aromatic rings. The number of hydrogen-bond acceptors (Lipinski definition) is 1. The number of hydrogen-bond donors (Lipinski definition) is 1. The molecule has 0 heterocycles. The Morgan fingerprint density at radius 2 is 1.80 bits per heavy atom. The maximum Gasteiger partial charge on any atom is 0.00104 e. The molecule has 0 spiro atoms. The molecule has 0 saturated heterocycles. The van der Waals surface area contributed by atoms with Crippen LogP contribution in [0.25, 0.3) is 0 Å². The Labute approximate surface area is 96.0 Å². The van der Waals surface area contributed by atoms with Crippen LogP contribution >= 0.6 is 0 Å². The van der Waals surface area contributed by atoms with Crippen molar-refractivity contribution in [3.8, 4) is 0 Å². The first kappa shape index (κ1) is 13.0. The molecular formula is C14H29N. The van der Waals surface area contributed by atoms with E-state index in [1.165, 1.54) is 25.8 Å². The van der Waals surface area contributed by atoms with Crippen LogP contribution in [0.4, 0.5) is 0 Å². The molecule has 1 N–H and O–H groups in total. The van der Waals surface area contributed by atoms with E-state index in [4.69, 9.17) is 0 Å². The highest BCUT2D eigenvalue weighted by atomic mass is 14.9. The summed E-state index contributed by atoms with van der Waals surface area (Å²) >= 11 is 0. The molecule has 0 aromatic heterocycles. The molecule has 1 fully saturated rings. The zero-order valence-corrected chi connectivity index (χ0v) is 11.3. The molecule has 1 rings (SSSR count). The van der Waals surface area contributed by atoms with Crippen LogP contribution in [-0.4, -0.2) is 13.1 Å². The van der Waals surface area contributed by atoms with E-state index in [1.807, 2.05) is 0 Å². The van der Waals surface area contributed by atoms with Crippen molar-refractivity contribution < 1.29 is 0 Å². The van der Waals surface area contributed by atoms with E-state index in [1.54, 1.807) is 0 Å². The molecular weight excluding hydrogens is 182 g/mol. The minimum atomic E-state index is 0.521. The molecule has 0 aromatic carbocycles. The smallest absolute Gasteiger partial charge is 0.00104 e. The van der Waals surface area contributed by atoms with E-state index < -0.39 is 0 Å². The fraction of sp³-hybridized carbons (Fsp3) is 1.00. The largest absolute Gasteiger partial charge is 0.316 e. The third kappa shape index (κ3) is 3.21. The van der Waals surface area contributed by atoms with Crippen molar-refractivity contribution >= 4 is 0 Å². The van der Waals surface area contributed by atoms with Crippen molar-refractivity contribution in [2.75, 3.05) is 13.1 Å². The van der Waals surface area contributed by atoms with Crippen LogP contribution in [0.1, 0.15) is 53.9 Å². The summed E-state index contributed by atoms with van der Waals surface area (Å²) in [7, 11) is 0. The molecule has 0 amide bonds. The predicted octanol–water partition coefficient (Wildman–Crippen LogP) is 3.69. The predicted molar refractivity (Wildman–Crippen MR) is 68.0 cm³/mol. The number of nitrogens with one attached hydrogen (secondary N) is 1. The molecule has 1 nitrogen and oxygen atoms in total. The molecule has 1 aliphatic rings. The summed E-state index contributed by atoms with van der Waals surface area (Å²) in [6.07, 6.45) is 4.37. The van der Waals surface area contributed by atoms with Gasteiger partial charge in [-0.05, 0) is 42.6 Å². The van der Waals surface area contributed by atoms with Crippen molar-refractivity contribution in [3.63, 3.8) is 0 Å². The van der Waals surface area contributed by atoms with Crippen molar-refractivity contribution in [3.05, 3.63) is 0 Å². The Balaban J connectivity index is 2.42. The quantitative estimate of drug-likeness (QED) is 0.706. The highest BCUT2D eigenvalue weighted by molar-refractivity contribution is 4.91. The van der Waals surface area contributed by atoms with Gasteiger partial charge in [-0.25, -0.2) is 0 Å². The summed E-state index contributed by atoms with van der Waals surface area (Å²) in [4.78, 5) is 0. The topological polar surface area (TPSA) is 12.0 Å². The van der Waals surface area contributed by atoms with Gasteiger partial charge in [-0.1, -0.05) is 41.0 Å². The van der Waals surface area contributed by atoms with Gasteiger partial charge < -0.3 is 5.32 Å². The summed E-state index contributed by atoms with van der Waals surface area (Å²) in [5.74, 6) is 2.53. The zero-order chi connectivity index (χ0) is 11.5. The maximum absolute atomic E-state index is 3.66. The fourth-order valence-corrected chi connectivity index (χ4v) is 2.52. The van der Waals surface area contributed by atoms with E-state index in [9.17, 15) is 0 Å². The zero-order valence-electron chi connectivity index (χ0n) is 11.3. The van der Waals surface area contributed by atoms with Crippen LogP contribution in [0.5, 0.6) is 0 Å². The highest BCUT2D eigenvalue weighted by Gasteiger charge is 2.39. The minimum absolute atomic E-state index is 0.521. The molecule has 0 radical (unpaired) electrons. The van der Waals surface area contributed by atoms with Crippen molar-refractivity contribution in [2.24, 2.45) is 23.2 Å². The van der Waals surface area contributed by atoms with Gasteiger partial charge in [0.15, 0.2) is 0 Å².